The molecule has 0 N–H and O–H groups in total. The summed E-state index contributed by atoms with van der Waals surface area (Å²) >= 11 is 0. The second-order valence-corrected chi connectivity index (χ2v) is 11.3. The van der Waals surface area contributed by atoms with E-state index in [1.54, 1.807) is 0 Å². The normalized spacial score (nSPS) is 28.4. The summed E-state index contributed by atoms with van der Waals surface area (Å²) in [6.07, 6.45) is 5.89. The van der Waals surface area contributed by atoms with E-state index in [0.29, 0.717) is 11.1 Å². The average Bonchev–Trinajstić information content (AvgIpc) is 2.49. The lowest BCUT2D eigenvalue weighted by Crippen LogP contribution is -2.43. The van der Waals surface area contributed by atoms with Gasteiger partial charge in [-0.05, 0) is 43.3 Å². The molecule has 15 heavy (non-hydrogen) atoms. The van der Waals surface area contributed by atoms with Crippen molar-refractivity contribution < 1.29 is 4.43 Å². The Kier molecular flexibility index (Phi) is 4.05. The van der Waals surface area contributed by atoms with Crippen LogP contribution < -0.4 is 0 Å². The van der Waals surface area contributed by atoms with Crippen LogP contribution in [0.15, 0.2) is 0 Å². The molecule has 0 aromatic rings. The molecule has 1 rings (SSSR count). The maximum absolute atomic E-state index is 6.43. The molecule has 1 unspecified atom stereocenters. The number of hydrogen-bond donors (Lipinski definition) is 0. The third-order valence-corrected chi connectivity index (χ3v) is 8.87. The molecule has 0 spiro atoms. The molecule has 0 aromatic heterocycles. The zero-order chi connectivity index (χ0) is 11.7. The van der Waals surface area contributed by atoms with Gasteiger partial charge in [0.05, 0.1) is 0 Å². The number of rotatable bonds is 3. The molecule has 1 aliphatic carbocycles. The zero-order valence-electron chi connectivity index (χ0n) is 11.4. The quantitative estimate of drug-likeness (QED) is 0.642. The summed E-state index contributed by atoms with van der Waals surface area (Å²) in [5.74, 6) is 0.930. The highest BCUT2D eigenvalue weighted by Crippen LogP contribution is 2.40. The summed E-state index contributed by atoms with van der Waals surface area (Å²) in [5.41, 5.74) is 0. The minimum atomic E-state index is -1.51. The van der Waals surface area contributed by atoms with Crippen LogP contribution in [-0.4, -0.2) is 14.4 Å². The van der Waals surface area contributed by atoms with Crippen molar-refractivity contribution in [2.24, 2.45) is 5.92 Å². The van der Waals surface area contributed by atoms with Gasteiger partial charge in [-0.15, -0.1) is 0 Å². The van der Waals surface area contributed by atoms with Crippen molar-refractivity contribution in [1.29, 1.82) is 0 Å². The van der Waals surface area contributed by atoms with Crippen LogP contribution in [0, 0.1) is 5.92 Å². The van der Waals surface area contributed by atoms with Crippen LogP contribution >= 0.6 is 0 Å². The predicted molar refractivity (Wildman–Crippen MR) is 69.7 cm³/mol. The zero-order valence-corrected chi connectivity index (χ0v) is 12.4. The summed E-state index contributed by atoms with van der Waals surface area (Å²) in [5, 5.41) is 0.358. The van der Waals surface area contributed by atoms with Crippen LogP contribution in [0.2, 0.25) is 18.1 Å². The molecule has 0 saturated heterocycles. The minimum Gasteiger partial charge on any atom is -0.414 e. The lowest BCUT2D eigenvalue weighted by molar-refractivity contribution is 0.182. The van der Waals surface area contributed by atoms with Crippen molar-refractivity contribution in [2.45, 2.75) is 77.6 Å². The smallest absolute Gasteiger partial charge is 0.192 e. The first-order chi connectivity index (χ1) is 6.76. The Balaban J connectivity index is 2.49. The lowest BCUT2D eigenvalue weighted by Gasteiger charge is -2.38. The first-order valence-corrected chi connectivity index (χ1v) is 9.35. The molecule has 1 aliphatic rings. The predicted octanol–water partition coefficient (Wildman–Crippen LogP) is 4.59. The van der Waals surface area contributed by atoms with E-state index in [9.17, 15) is 0 Å². The van der Waals surface area contributed by atoms with Gasteiger partial charge in [-0.2, -0.15) is 0 Å². The molecule has 0 radical (unpaired) electrons. The molecule has 0 bridgehead atoms. The van der Waals surface area contributed by atoms with Gasteiger partial charge < -0.3 is 4.43 Å². The van der Waals surface area contributed by atoms with Gasteiger partial charge in [0.25, 0.3) is 0 Å². The van der Waals surface area contributed by atoms with Crippen LogP contribution in [0.4, 0.5) is 0 Å². The highest BCUT2D eigenvalue weighted by Gasteiger charge is 2.40. The van der Waals surface area contributed by atoms with E-state index in [4.69, 9.17) is 4.43 Å². The molecule has 0 aromatic carbocycles. The van der Waals surface area contributed by atoms with Gasteiger partial charge in [-0.3, -0.25) is 0 Å². The largest absolute Gasteiger partial charge is 0.414 e. The average molecular weight is 228 g/mol. The highest BCUT2D eigenvalue weighted by atomic mass is 28.4. The SMILES string of the molecule is CC[C@H]1CCC(O[Si](C)(C)C(C)(C)C)C1. The molecule has 90 valence electrons. The summed E-state index contributed by atoms with van der Waals surface area (Å²) in [6.45, 7) is 14.0. The van der Waals surface area contributed by atoms with Crippen molar-refractivity contribution in [3.8, 4) is 0 Å². The van der Waals surface area contributed by atoms with Crippen molar-refractivity contribution in [3.05, 3.63) is 0 Å². The van der Waals surface area contributed by atoms with Crippen LogP contribution in [0.25, 0.3) is 0 Å². The van der Waals surface area contributed by atoms with Crippen LogP contribution in [0.5, 0.6) is 0 Å². The first kappa shape index (κ1) is 13.2. The van der Waals surface area contributed by atoms with E-state index >= 15 is 0 Å². The van der Waals surface area contributed by atoms with Crippen molar-refractivity contribution in [1.82, 2.24) is 0 Å². The minimum absolute atomic E-state index is 0.358. The second-order valence-electron chi connectivity index (χ2n) is 6.59. The third-order valence-electron chi connectivity index (χ3n) is 4.34. The van der Waals surface area contributed by atoms with Crippen LogP contribution in [-0.2, 0) is 4.43 Å². The van der Waals surface area contributed by atoms with E-state index in [-0.39, 0.29) is 0 Å². The van der Waals surface area contributed by atoms with E-state index in [2.05, 4.69) is 40.8 Å². The Morgan fingerprint density at radius 1 is 1.20 bits per heavy atom. The fourth-order valence-electron chi connectivity index (χ4n) is 2.10. The molecule has 1 saturated carbocycles. The monoisotopic (exact) mass is 228 g/mol. The summed E-state index contributed by atoms with van der Waals surface area (Å²) < 4.78 is 6.43. The van der Waals surface area contributed by atoms with E-state index in [1.165, 1.54) is 25.7 Å². The molecular weight excluding hydrogens is 200 g/mol. The lowest BCUT2D eigenvalue weighted by atomic mass is 10.1. The maximum atomic E-state index is 6.43. The highest BCUT2D eigenvalue weighted by molar-refractivity contribution is 6.74. The standard InChI is InChI=1S/C13H28OSi/c1-7-11-8-9-12(10-11)14-15(5,6)13(2,3)4/h11-12H,7-10H2,1-6H3/t11-,12?/m0/s1. The van der Waals surface area contributed by atoms with Crippen molar-refractivity contribution >= 4 is 8.32 Å². The van der Waals surface area contributed by atoms with E-state index in [0.717, 1.165) is 5.92 Å². The maximum Gasteiger partial charge on any atom is 0.192 e. The summed E-state index contributed by atoms with van der Waals surface area (Å²) in [6, 6.07) is 0. The Bertz CT molecular complexity index is 205. The van der Waals surface area contributed by atoms with Crippen molar-refractivity contribution in [2.75, 3.05) is 0 Å². The molecule has 2 atom stereocenters. The Morgan fingerprint density at radius 2 is 1.80 bits per heavy atom. The Labute approximate surface area is 96.7 Å². The van der Waals surface area contributed by atoms with Gasteiger partial charge in [0.1, 0.15) is 0 Å². The molecular formula is C13H28OSi. The Morgan fingerprint density at radius 3 is 2.20 bits per heavy atom. The van der Waals surface area contributed by atoms with Crippen LogP contribution in [0.1, 0.15) is 53.4 Å². The van der Waals surface area contributed by atoms with E-state index in [1.807, 2.05) is 0 Å². The van der Waals surface area contributed by atoms with E-state index < -0.39 is 8.32 Å². The fraction of sp³-hybridized carbons (Fsp3) is 1.00. The van der Waals surface area contributed by atoms with Crippen LogP contribution in [0.3, 0.4) is 0 Å². The van der Waals surface area contributed by atoms with Gasteiger partial charge >= 0.3 is 0 Å². The molecule has 1 nitrogen and oxygen atoms in total. The summed E-state index contributed by atoms with van der Waals surface area (Å²) in [7, 11) is -1.51. The second kappa shape index (κ2) is 4.58. The molecule has 0 aliphatic heterocycles. The molecule has 0 amide bonds. The van der Waals surface area contributed by atoms with Gasteiger partial charge in [0, 0.05) is 6.10 Å². The first-order valence-electron chi connectivity index (χ1n) is 6.44. The number of hydrogen-bond acceptors (Lipinski definition) is 1. The van der Waals surface area contributed by atoms with Gasteiger partial charge in [-0.25, -0.2) is 0 Å². The van der Waals surface area contributed by atoms with Gasteiger partial charge in [0.2, 0.25) is 0 Å². The molecule has 2 heteroatoms. The topological polar surface area (TPSA) is 9.23 Å². The molecule has 1 fully saturated rings. The Hall–Kier alpha value is 0.177. The fourth-order valence-corrected chi connectivity index (χ4v) is 3.50. The third kappa shape index (κ3) is 3.32. The van der Waals surface area contributed by atoms with Gasteiger partial charge in [-0.1, -0.05) is 34.1 Å². The summed E-state index contributed by atoms with van der Waals surface area (Å²) in [4.78, 5) is 0. The molecule has 0 heterocycles. The van der Waals surface area contributed by atoms with Crippen molar-refractivity contribution in [3.63, 3.8) is 0 Å². The van der Waals surface area contributed by atoms with Gasteiger partial charge in [0.15, 0.2) is 8.32 Å².